The highest BCUT2D eigenvalue weighted by Gasteiger charge is 2.21. The average Bonchev–Trinajstić information content (AvgIpc) is 3.61. The lowest BCUT2D eigenvalue weighted by molar-refractivity contribution is -0.143. The summed E-state index contributed by atoms with van der Waals surface area (Å²) in [6.07, 6.45) is 1.56. The van der Waals surface area contributed by atoms with Crippen LogP contribution in [0, 0.1) is 0 Å². The summed E-state index contributed by atoms with van der Waals surface area (Å²) in [4.78, 5) is 28.6. The predicted octanol–water partition coefficient (Wildman–Crippen LogP) is 3.39. The number of alkyl halides is 1. The lowest BCUT2D eigenvalue weighted by Crippen LogP contribution is -2.45. The van der Waals surface area contributed by atoms with E-state index in [4.69, 9.17) is 23.7 Å². The number of hydrogen-bond acceptors (Lipinski definition) is 12. The number of aliphatic carboxylic acids is 1. The lowest BCUT2D eigenvalue weighted by atomic mass is 10.2. The highest BCUT2D eigenvalue weighted by atomic mass is 127. The first-order chi connectivity index (χ1) is 21.4. The van der Waals surface area contributed by atoms with Gasteiger partial charge in [-0.25, -0.2) is 14.5 Å². The number of benzene rings is 2. The molecule has 0 aliphatic rings. The van der Waals surface area contributed by atoms with Gasteiger partial charge in [0.15, 0.2) is 6.04 Å². The number of amides is 1. The van der Waals surface area contributed by atoms with Crippen LogP contribution in [-0.4, -0.2) is 87.1 Å². The van der Waals surface area contributed by atoms with Crippen molar-refractivity contribution >= 4 is 68.6 Å². The number of aromatic nitrogens is 4. The van der Waals surface area contributed by atoms with Crippen LogP contribution in [0.25, 0.3) is 10.2 Å². The van der Waals surface area contributed by atoms with Crippen LogP contribution in [0.4, 0.5) is 0 Å². The molecule has 0 saturated heterocycles. The number of carbonyl (C=O) groups is 2. The van der Waals surface area contributed by atoms with Crippen LogP contribution in [0.3, 0.4) is 0 Å². The summed E-state index contributed by atoms with van der Waals surface area (Å²) in [5.74, 6) is -0.486. The minimum absolute atomic E-state index is 0.139. The van der Waals surface area contributed by atoms with Crippen molar-refractivity contribution in [3.8, 4) is 11.5 Å². The van der Waals surface area contributed by atoms with Gasteiger partial charge in [0.1, 0.15) is 41.3 Å². The number of halogens is 1. The van der Waals surface area contributed by atoms with Gasteiger partial charge in [-0.15, -0.1) is 29.1 Å². The largest absolute Gasteiger partial charge is 0.491 e. The van der Waals surface area contributed by atoms with Gasteiger partial charge in [-0.05, 0) is 35.9 Å². The number of hydrogen-bond donors (Lipinski definition) is 3. The molecular formula is C28H32IN5O8S2. The lowest BCUT2D eigenvalue weighted by Gasteiger charge is -2.15. The van der Waals surface area contributed by atoms with E-state index in [0.717, 1.165) is 20.2 Å². The Morgan fingerprint density at radius 2 is 1.80 bits per heavy atom. The number of nitrogens with one attached hydrogen (secondary N) is 1. The van der Waals surface area contributed by atoms with Crippen molar-refractivity contribution < 1.29 is 38.4 Å². The van der Waals surface area contributed by atoms with Gasteiger partial charge in [-0.3, -0.25) is 4.79 Å². The number of nitrogens with zero attached hydrogens (tertiary/aromatic N) is 4. The molecule has 4 rings (SSSR count). The summed E-state index contributed by atoms with van der Waals surface area (Å²) in [7, 11) is 0. The zero-order chi connectivity index (χ0) is 31.1. The topological polar surface area (TPSA) is 156 Å². The summed E-state index contributed by atoms with van der Waals surface area (Å²) in [6.45, 7) is 2.41. The fourth-order valence-corrected chi connectivity index (χ4v) is 5.25. The Hall–Kier alpha value is -3.03. The number of thiazole rings is 1. The molecule has 0 bridgehead atoms. The summed E-state index contributed by atoms with van der Waals surface area (Å²) in [6, 6.07) is 11.5. The Labute approximate surface area is 276 Å². The monoisotopic (exact) mass is 757 g/mol. The molecule has 0 saturated carbocycles. The molecule has 0 aliphatic heterocycles. The molecule has 2 heterocycles. The van der Waals surface area contributed by atoms with Crippen molar-refractivity contribution in [2.45, 2.75) is 30.1 Å². The van der Waals surface area contributed by atoms with Crippen molar-refractivity contribution in [2.24, 2.45) is 0 Å². The number of carboxylic acids is 1. The van der Waals surface area contributed by atoms with Crippen LogP contribution in [0.5, 0.6) is 11.5 Å². The average molecular weight is 758 g/mol. The first-order valence-electron chi connectivity index (χ1n) is 13.5. The minimum Gasteiger partial charge on any atom is -0.491 e. The van der Waals surface area contributed by atoms with Gasteiger partial charge in [0, 0.05) is 4.43 Å². The van der Waals surface area contributed by atoms with Gasteiger partial charge < -0.3 is 34.1 Å². The van der Waals surface area contributed by atoms with Crippen LogP contribution < -0.4 is 14.8 Å². The fraction of sp³-hybridized carbons (Fsp3) is 0.393. The van der Waals surface area contributed by atoms with Gasteiger partial charge in [0.2, 0.25) is 5.91 Å². The minimum atomic E-state index is -1.24. The summed E-state index contributed by atoms with van der Waals surface area (Å²) in [5.41, 5.74) is 2.14. The number of carboxylic acid groups (broad SMARTS) is 1. The number of fused-ring (bicyclic) bond motifs is 1. The highest BCUT2D eigenvalue weighted by Crippen LogP contribution is 2.28. The molecule has 4 aromatic rings. The van der Waals surface area contributed by atoms with Crippen LogP contribution in [0.15, 0.2) is 53.0 Å². The van der Waals surface area contributed by atoms with E-state index in [9.17, 15) is 14.7 Å². The Morgan fingerprint density at radius 1 is 1.00 bits per heavy atom. The maximum Gasteiger partial charge on any atom is 0.328 e. The van der Waals surface area contributed by atoms with E-state index in [0.29, 0.717) is 54.6 Å². The van der Waals surface area contributed by atoms with Crippen molar-refractivity contribution in [3.63, 3.8) is 0 Å². The molecule has 0 spiro atoms. The summed E-state index contributed by atoms with van der Waals surface area (Å²) in [5, 5.41) is 20.0. The van der Waals surface area contributed by atoms with Gasteiger partial charge in [-0.2, -0.15) is 0 Å². The van der Waals surface area contributed by atoms with E-state index >= 15 is 0 Å². The first kappa shape index (κ1) is 33.9. The number of rotatable bonds is 20. The Morgan fingerprint density at radius 3 is 2.61 bits per heavy atom. The highest BCUT2D eigenvalue weighted by molar-refractivity contribution is 14.1. The standard InChI is InChI=1S/C28H32IN5O8S2/c29-6-7-38-8-9-39-10-11-41-21-3-1-2-19(12-21)16-40-18-24(27(36)37)30-26(35)15-34-14-20(32-33-34)17-42-22-4-5-23-25(13-22)44-28(43)31-23/h1-5,12-14,24H,6-11,15-18H2,(H,30,35)(H,31,43)(H,36,37)/t24-/m0/s1. The van der Waals surface area contributed by atoms with Crippen molar-refractivity contribution in [3.05, 3.63) is 59.9 Å². The molecule has 1 amide bonds. The van der Waals surface area contributed by atoms with E-state index in [2.05, 4.69) is 55.8 Å². The zero-order valence-electron chi connectivity index (χ0n) is 23.6. The van der Waals surface area contributed by atoms with Crippen LogP contribution in [-0.2, 0) is 43.6 Å². The SMILES string of the molecule is O=C(Cn1cc(COc2ccc3nc(S)sc3c2)nn1)N[C@@H](COCc1cccc(OCCOCCOCCI)c1)C(=O)O. The normalized spacial score (nSPS) is 11.9. The first-order valence-corrected chi connectivity index (χ1v) is 16.3. The van der Waals surface area contributed by atoms with Gasteiger partial charge >= 0.3 is 5.97 Å². The number of thiol groups is 1. The molecule has 1 atom stereocenters. The van der Waals surface area contributed by atoms with E-state index < -0.39 is 17.9 Å². The van der Waals surface area contributed by atoms with Crippen molar-refractivity contribution in [2.75, 3.05) is 44.1 Å². The summed E-state index contributed by atoms with van der Waals surface area (Å²) < 4.78 is 31.8. The van der Waals surface area contributed by atoms with Crippen LogP contribution in [0.2, 0.25) is 0 Å². The molecule has 2 aromatic heterocycles. The maximum absolute atomic E-state index is 12.5. The number of ether oxygens (including phenoxy) is 5. The van der Waals surface area contributed by atoms with E-state index in [1.807, 2.05) is 30.3 Å². The van der Waals surface area contributed by atoms with E-state index in [1.54, 1.807) is 18.3 Å². The molecule has 0 aliphatic carbocycles. The quantitative estimate of drug-likeness (QED) is 0.0526. The third-order valence-electron chi connectivity index (χ3n) is 5.80. The second-order valence-electron chi connectivity index (χ2n) is 9.21. The molecular weight excluding hydrogens is 725 g/mol. The number of carbonyl (C=O) groups excluding carboxylic acids is 1. The molecule has 0 unspecified atom stereocenters. The molecule has 2 N–H and O–H groups in total. The predicted molar refractivity (Wildman–Crippen MR) is 173 cm³/mol. The van der Waals surface area contributed by atoms with Gasteiger partial charge in [0.25, 0.3) is 0 Å². The molecule has 13 nitrogen and oxygen atoms in total. The second-order valence-corrected chi connectivity index (χ2v) is 12.0. The third kappa shape index (κ3) is 11.5. The molecule has 0 radical (unpaired) electrons. The van der Waals surface area contributed by atoms with Crippen LogP contribution >= 0.6 is 46.6 Å². The van der Waals surface area contributed by atoms with Crippen molar-refractivity contribution in [1.29, 1.82) is 0 Å². The molecule has 44 heavy (non-hydrogen) atoms. The van der Waals surface area contributed by atoms with E-state index in [-0.39, 0.29) is 26.4 Å². The van der Waals surface area contributed by atoms with Crippen molar-refractivity contribution in [1.82, 2.24) is 25.3 Å². The molecule has 16 heteroatoms. The second kappa shape index (κ2) is 18.1. The van der Waals surface area contributed by atoms with E-state index in [1.165, 1.54) is 16.0 Å². The summed E-state index contributed by atoms with van der Waals surface area (Å²) >= 11 is 7.97. The Balaban J connectivity index is 1.15. The van der Waals surface area contributed by atoms with Gasteiger partial charge in [-0.1, -0.05) is 39.9 Å². The smallest absolute Gasteiger partial charge is 0.328 e. The van der Waals surface area contributed by atoms with Gasteiger partial charge in [0.05, 0.1) is 56.1 Å². The molecule has 2 aromatic carbocycles. The maximum atomic E-state index is 12.5. The fourth-order valence-electron chi connectivity index (χ4n) is 3.80. The zero-order valence-corrected chi connectivity index (χ0v) is 27.5. The molecule has 0 fully saturated rings. The Bertz CT molecular complexity index is 1500. The molecule has 236 valence electrons. The third-order valence-corrected chi connectivity index (χ3v) is 7.44. The Kier molecular flexibility index (Phi) is 13.9. The van der Waals surface area contributed by atoms with Crippen LogP contribution in [0.1, 0.15) is 11.3 Å².